The number of nitrogens with zero attached hydrogens (tertiary/aromatic N) is 1. The molecule has 0 radical (unpaired) electrons. The average molecular weight is 228 g/mol. The lowest BCUT2D eigenvalue weighted by Gasteiger charge is -2.06. The third kappa shape index (κ3) is 2.41. The van der Waals surface area contributed by atoms with Crippen molar-refractivity contribution in [2.24, 2.45) is 0 Å². The fraction of sp³-hybridized carbons (Fsp3) is 0.100. The van der Waals surface area contributed by atoms with E-state index in [9.17, 15) is 0 Å². The zero-order valence-electron chi connectivity index (χ0n) is 7.42. The van der Waals surface area contributed by atoms with Crippen molar-refractivity contribution in [3.05, 3.63) is 39.9 Å². The molecular weight excluding hydrogens is 221 g/mol. The van der Waals surface area contributed by atoms with E-state index in [1.807, 2.05) is 6.07 Å². The predicted octanol–water partition coefficient (Wildman–Crippen LogP) is 3.50. The first-order valence-corrected chi connectivity index (χ1v) is 4.54. The van der Waals surface area contributed by atoms with Crippen LogP contribution in [-0.2, 0) is 4.74 Å². The Balaban J connectivity index is 3.19. The van der Waals surface area contributed by atoms with Gasteiger partial charge in [-0.15, -0.1) is 0 Å². The summed E-state index contributed by atoms with van der Waals surface area (Å²) >= 11 is 11.7. The molecule has 4 heteroatoms. The molecule has 1 aromatic rings. The number of hydrogen-bond donors (Lipinski definition) is 0. The lowest BCUT2D eigenvalue weighted by molar-refractivity contribution is 0.370. The van der Waals surface area contributed by atoms with E-state index in [-0.39, 0.29) is 0 Å². The van der Waals surface area contributed by atoms with E-state index in [4.69, 9.17) is 33.2 Å². The Morgan fingerprint density at radius 2 is 2.21 bits per heavy atom. The van der Waals surface area contributed by atoms with Gasteiger partial charge in [-0.25, -0.2) is 0 Å². The fourth-order valence-electron chi connectivity index (χ4n) is 0.995. The van der Waals surface area contributed by atoms with E-state index < -0.39 is 0 Å². The van der Waals surface area contributed by atoms with Crippen LogP contribution in [0.5, 0.6) is 0 Å². The normalized spacial score (nSPS) is 10.9. The van der Waals surface area contributed by atoms with Crippen LogP contribution in [0.15, 0.2) is 24.3 Å². The van der Waals surface area contributed by atoms with Crippen LogP contribution in [-0.4, -0.2) is 7.11 Å². The zero-order valence-corrected chi connectivity index (χ0v) is 8.93. The quantitative estimate of drug-likeness (QED) is 0.573. The predicted molar refractivity (Wildman–Crippen MR) is 57.1 cm³/mol. The first-order valence-electron chi connectivity index (χ1n) is 3.78. The molecule has 14 heavy (non-hydrogen) atoms. The van der Waals surface area contributed by atoms with Crippen molar-refractivity contribution < 1.29 is 4.74 Å². The Labute approximate surface area is 92.3 Å². The monoisotopic (exact) mass is 227 g/mol. The molecule has 0 amide bonds. The van der Waals surface area contributed by atoms with Gasteiger partial charge in [-0.05, 0) is 18.2 Å². The summed E-state index contributed by atoms with van der Waals surface area (Å²) in [5.41, 5.74) is 0.653. The Bertz CT molecular complexity index is 407. The van der Waals surface area contributed by atoms with Crippen molar-refractivity contribution in [1.29, 1.82) is 5.26 Å². The molecule has 0 bridgehead atoms. The van der Waals surface area contributed by atoms with Gasteiger partial charge in [0.2, 0.25) is 0 Å². The molecule has 0 aromatic heterocycles. The van der Waals surface area contributed by atoms with Gasteiger partial charge in [0.25, 0.3) is 0 Å². The van der Waals surface area contributed by atoms with Crippen LogP contribution < -0.4 is 0 Å². The number of hydrogen-bond acceptors (Lipinski definition) is 2. The van der Waals surface area contributed by atoms with Crippen molar-refractivity contribution >= 4 is 29.0 Å². The van der Waals surface area contributed by atoms with Gasteiger partial charge in [0, 0.05) is 10.6 Å². The molecule has 0 atom stereocenters. The minimum Gasteiger partial charge on any atom is -0.495 e. The molecule has 0 aliphatic carbocycles. The number of methoxy groups -OCH3 is 1. The largest absolute Gasteiger partial charge is 0.495 e. The van der Waals surface area contributed by atoms with Crippen LogP contribution in [0.1, 0.15) is 5.56 Å². The van der Waals surface area contributed by atoms with E-state index in [1.54, 1.807) is 18.2 Å². The molecule has 0 N–H and O–H groups in total. The number of benzene rings is 1. The summed E-state index contributed by atoms with van der Waals surface area (Å²) < 4.78 is 5.01. The second-order valence-corrected chi connectivity index (χ2v) is 3.31. The highest BCUT2D eigenvalue weighted by Crippen LogP contribution is 2.27. The minimum absolute atomic E-state index is 0.425. The van der Waals surface area contributed by atoms with Crippen LogP contribution in [0.4, 0.5) is 0 Å². The Morgan fingerprint density at radius 3 is 2.71 bits per heavy atom. The van der Waals surface area contributed by atoms with Crippen molar-refractivity contribution in [1.82, 2.24) is 0 Å². The topological polar surface area (TPSA) is 33.0 Å². The van der Waals surface area contributed by atoms with E-state index in [0.717, 1.165) is 0 Å². The molecule has 72 valence electrons. The lowest BCUT2D eigenvalue weighted by Crippen LogP contribution is -1.88. The molecule has 0 saturated heterocycles. The molecule has 0 fully saturated rings. The van der Waals surface area contributed by atoms with Gasteiger partial charge < -0.3 is 4.74 Å². The molecule has 0 unspecified atom stereocenters. The summed E-state index contributed by atoms with van der Waals surface area (Å²) in [4.78, 5) is 0. The van der Waals surface area contributed by atoms with Gasteiger partial charge in [0.05, 0.1) is 24.3 Å². The molecule has 1 rings (SSSR count). The highest BCUT2D eigenvalue weighted by Gasteiger charge is 2.06. The van der Waals surface area contributed by atoms with Gasteiger partial charge in [0.1, 0.15) is 5.76 Å². The standard InChI is InChI=1S/C10H7Cl2NO/c1-14-10(4-5-13)8-3-2-7(11)6-9(8)12/h2-4,6H,1H3. The van der Waals surface area contributed by atoms with E-state index in [0.29, 0.717) is 21.4 Å². The van der Waals surface area contributed by atoms with E-state index in [1.165, 1.54) is 13.2 Å². The van der Waals surface area contributed by atoms with Crippen molar-refractivity contribution in [2.75, 3.05) is 7.11 Å². The minimum atomic E-state index is 0.425. The maximum atomic E-state index is 8.50. The van der Waals surface area contributed by atoms with Gasteiger partial charge in [-0.1, -0.05) is 23.2 Å². The number of ether oxygens (including phenoxy) is 1. The van der Waals surface area contributed by atoms with Gasteiger partial charge in [0.15, 0.2) is 0 Å². The van der Waals surface area contributed by atoms with E-state index >= 15 is 0 Å². The van der Waals surface area contributed by atoms with Gasteiger partial charge in [-0.3, -0.25) is 0 Å². The molecular formula is C10H7Cl2NO. The summed E-state index contributed by atoms with van der Waals surface area (Å²) in [5, 5.41) is 9.51. The number of halogens is 2. The first-order chi connectivity index (χ1) is 6.69. The summed E-state index contributed by atoms with van der Waals surface area (Å²) in [6.07, 6.45) is 1.29. The summed E-state index contributed by atoms with van der Waals surface area (Å²) in [6, 6.07) is 6.87. The Kier molecular flexibility index (Phi) is 3.82. The van der Waals surface area contributed by atoms with Crippen LogP contribution in [0.3, 0.4) is 0 Å². The molecule has 0 heterocycles. The molecule has 0 aliphatic rings. The third-order valence-electron chi connectivity index (χ3n) is 1.61. The number of rotatable bonds is 2. The van der Waals surface area contributed by atoms with Crippen molar-refractivity contribution in [2.45, 2.75) is 0 Å². The second kappa shape index (κ2) is 4.90. The number of nitriles is 1. The van der Waals surface area contributed by atoms with E-state index in [2.05, 4.69) is 0 Å². The molecule has 2 nitrogen and oxygen atoms in total. The highest BCUT2D eigenvalue weighted by atomic mass is 35.5. The van der Waals surface area contributed by atoms with Crippen molar-refractivity contribution in [3.8, 4) is 6.07 Å². The second-order valence-electron chi connectivity index (χ2n) is 2.47. The first kappa shape index (κ1) is 10.9. The Morgan fingerprint density at radius 1 is 1.50 bits per heavy atom. The maximum Gasteiger partial charge on any atom is 0.138 e. The van der Waals surface area contributed by atoms with Gasteiger partial charge >= 0.3 is 0 Å². The highest BCUT2D eigenvalue weighted by molar-refractivity contribution is 6.35. The summed E-state index contributed by atoms with van der Waals surface area (Å²) in [6.45, 7) is 0. The molecule has 0 spiro atoms. The smallest absolute Gasteiger partial charge is 0.138 e. The van der Waals surface area contributed by atoms with Crippen LogP contribution in [0.25, 0.3) is 5.76 Å². The summed E-state index contributed by atoms with van der Waals surface area (Å²) in [5.74, 6) is 0.425. The molecule has 0 saturated carbocycles. The molecule has 0 aliphatic heterocycles. The third-order valence-corrected chi connectivity index (χ3v) is 2.16. The summed E-state index contributed by atoms with van der Waals surface area (Å²) in [7, 11) is 1.48. The number of allylic oxidation sites excluding steroid dienone is 1. The Hall–Kier alpha value is -1.17. The van der Waals surface area contributed by atoms with Crippen LogP contribution >= 0.6 is 23.2 Å². The van der Waals surface area contributed by atoms with Crippen LogP contribution in [0.2, 0.25) is 10.0 Å². The maximum absolute atomic E-state index is 8.50. The fourth-order valence-corrected chi connectivity index (χ4v) is 1.50. The molecule has 1 aromatic carbocycles. The lowest BCUT2D eigenvalue weighted by atomic mass is 10.2. The SMILES string of the molecule is COC(=CC#N)c1ccc(Cl)cc1Cl. The van der Waals surface area contributed by atoms with Gasteiger partial charge in [-0.2, -0.15) is 5.26 Å². The van der Waals surface area contributed by atoms with Crippen LogP contribution in [0, 0.1) is 11.3 Å². The van der Waals surface area contributed by atoms with Crippen molar-refractivity contribution in [3.63, 3.8) is 0 Å². The average Bonchev–Trinajstić information content (AvgIpc) is 2.15. The zero-order chi connectivity index (χ0) is 10.6.